The molecule has 0 fully saturated rings. The molecule has 9 heteroatoms. The van der Waals surface area contributed by atoms with Crippen molar-refractivity contribution in [1.29, 1.82) is 0 Å². The molecular formula is C25H34Br3N3O3. The van der Waals surface area contributed by atoms with Gasteiger partial charge in [-0.2, -0.15) is 0 Å². The molecule has 0 saturated carbocycles. The van der Waals surface area contributed by atoms with Gasteiger partial charge in [-0.25, -0.2) is 0 Å². The van der Waals surface area contributed by atoms with Gasteiger partial charge in [-0.3, -0.25) is 9.69 Å². The second-order valence-corrected chi connectivity index (χ2v) is 11.0. The van der Waals surface area contributed by atoms with Crippen LogP contribution in [0.25, 0.3) is 0 Å². The van der Waals surface area contributed by atoms with Gasteiger partial charge in [-0.05, 0) is 114 Å². The van der Waals surface area contributed by atoms with E-state index in [0.717, 1.165) is 56.4 Å². The van der Waals surface area contributed by atoms with Gasteiger partial charge in [0, 0.05) is 17.6 Å². The zero-order valence-corrected chi connectivity index (χ0v) is 25.2. The van der Waals surface area contributed by atoms with Gasteiger partial charge in [0.05, 0.1) is 29.2 Å². The summed E-state index contributed by atoms with van der Waals surface area (Å²) in [7, 11) is 9.30. The summed E-state index contributed by atoms with van der Waals surface area (Å²) in [5.74, 6) is 1.66. The van der Waals surface area contributed by atoms with E-state index >= 15 is 0 Å². The molecule has 0 bridgehead atoms. The number of benzene rings is 2. The third-order valence-corrected chi connectivity index (χ3v) is 7.65. The first-order valence-electron chi connectivity index (χ1n) is 11.1. The van der Waals surface area contributed by atoms with Gasteiger partial charge in [-0.1, -0.05) is 22.0 Å². The largest absolute Gasteiger partial charge is 0.496 e. The molecule has 2 aromatic carbocycles. The average Bonchev–Trinajstić information content (AvgIpc) is 2.79. The Morgan fingerprint density at radius 2 is 1.62 bits per heavy atom. The van der Waals surface area contributed by atoms with Gasteiger partial charge in [-0.15, -0.1) is 0 Å². The van der Waals surface area contributed by atoms with E-state index in [4.69, 9.17) is 9.47 Å². The predicted octanol–water partition coefficient (Wildman–Crippen LogP) is 5.14. The highest BCUT2D eigenvalue weighted by Crippen LogP contribution is 2.31. The van der Waals surface area contributed by atoms with E-state index in [9.17, 15) is 4.79 Å². The number of carbonyl (C=O) groups is 1. The van der Waals surface area contributed by atoms with Crippen molar-refractivity contribution in [2.24, 2.45) is 0 Å². The minimum atomic E-state index is -0.234. The standard InChI is InChI=1S/C25H34Br3N3O3/c1-30(2)22(14-17-7-8-23(33-4)20(27)13-17)25(32)29-10-6-11-31(3)12-9-18-15-24(34-5)21(28)16-19(18)26/h7-8,13,15-16,22H,6,9-12,14H2,1-5H3,(H,29,32)/t22-/m0/s1. The highest BCUT2D eigenvalue weighted by atomic mass is 79.9. The van der Waals surface area contributed by atoms with E-state index in [2.05, 4.69) is 71.1 Å². The van der Waals surface area contributed by atoms with Crippen LogP contribution in [-0.2, 0) is 17.6 Å². The molecule has 1 atom stereocenters. The molecule has 6 nitrogen and oxygen atoms in total. The molecule has 0 aromatic heterocycles. The summed E-state index contributed by atoms with van der Waals surface area (Å²) in [5.41, 5.74) is 2.29. The van der Waals surface area contributed by atoms with E-state index < -0.39 is 0 Å². The maximum atomic E-state index is 12.9. The number of ether oxygens (including phenoxy) is 2. The number of nitrogens with one attached hydrogen (secondary N) is 1. The van der Waals surface area contributed by atoms with E-state index in [0.29, 0.717) is 13.0 Å². The summed E-state index contributed by atoms with van der Waals surface area (Å²) in [6, 6.07) is 9.78. The first kappa shape index (κ1) is 29.1. The monoisotopic (exact) mass is 661 g/mol. The van der Waals surface area contributed by atoms with Gasteiger partial charge in [0.25, 0.3) is 0 Å². The van der Waals surface area contributed by atoms with Crippen molar-refractivity contribution in [2.45, 2.75) is 25.3 Å². The molecule has 0 heterocycles. The number of rotatable bonds is 13. The quantitative estimate of drug-likeness (QED) is 0.301. The van der Waals surface area contributed by atoms with Crippen molar-refractivity contribution in [3.05, 3.63) is 54.9 Å². The fraction of sp³-hybridized carbons (Fsp3) is 0.480. The lowest BCUT2D eigenvalue weighted by molar-refractivity contribution is -0.125. The number of carbonyl (C=O) groups excluding carboxylic acids is 1. The molecule has 2 rings (SSSR count). The SMILES string of the molecule is COc1ccc(C[C@@H](C(=O)NCCCN(C)CCc2cc(OC)c(Br)cc2Br)N(C)C)cc1Br. The lowest BCUT2D eigenvalue weighted by Gasteiger charge is -2.24. The average molecular weight is 664 g/mol. The van der Waals surface area contributed by atoms with Crippen LogP contribution in [0, 0.1) is 0 Å². The minimum absolute atomic E-state index is 0.0467. The van der Waals surface area contributed by atoms with Crippen LogP contribution in [0.5, 0.6) is 11.5 Å². The topological polar surface area (TPSA) is 54.0 Å². The van der Waals surface area contributed by atoms with Crippen LogP contribution in [0.3, 0.4) is 0 Å². The number of likely N-dealkylation sites (N-methyl/N-ethyl adjacent to an activating group) is 2. The van der Waals surface area contributed by atoms with Gasteiger partial charge in [0.1, 0.15) is 11.5 Å². The van der Waals surface area contributed by atoms with Crippen molar-refractivity contribution in [1.82, 2.24) is 15.1 Å². The zero-order valence-electron chi connectivity index (χ0n) is 20.5. The Bertz CT molecular complexity index is 956. The van der Waals surface area contributed by atoms with Gasteiger partial charge in [0.2, 0.25) is 5.91 Å². The molecule has 0 spiro atoms. The lowest BCUT2D eigenvalue weighted by atomic mass is 10.0. The number of hydrogen-bond donors (Lipinski definition) is 1. The van der Waals surface area contributed by atoms with Crippen LogP contribution in [0.15, 0.2) is 43.7 Å². The molecule has 188 valence electrons. The van der Waals surface area contributed by atoms with Crippen LogP contribution >= 0.6 is 47.8 Å². The van der Waals surface area contributed by atoms with Crippen LogP contribution in [0.1, 0.15) is 17.5 Å². The Kier molecular flexibility index (Phi) is 12.4. The summed E-state index contributed by atoms with van der Waals surface area (Å²) in [5, 5.41) is 3.11. The number of amides is 1. The fourth-order valence-electron chi connectivity index (χ4n) is 3.59. The second kappa shape index (κ2) is 14.4. The third-order valence-electron chi connectivity index (χ3n) is 5.67. The second-order valence-electron chi connectivity index (χ2n) is 8.43. The highest BCUT2D eigenvalue weighted by Gasteiger charge is 2.21. The number of halogens is 3. The predicted molar refractivity (Wildman–Crippen MR) is 149 cm³/mol. The Balaban J connectivity index is 1.79. The van der Waals surface area contributed by atoms with Crippen molar-refractivity contribution in [2.75, 3.05) is 55.0 Å². The molecular weight excluding hydrogens is 630 g/mol. The maximum absolute atomic E-state index is 12.9. The van der Waals surface area contributed by atoms with E-state index in [1.54, 1.807) is 14.2 Å². The maximum Gasteiger partial charge on any atom is 0.237 e. The molecule has 0 aliphatic rings. The summed E-state index contributed by atoms with van der Waals surface area (Å²) < 4.78 is 13.6. The van der Waals surface area contributed by atoms with Crippen LogP contribution in [0.2, 0.25) is 0 Å². The molecule has 2 aromatic rings. The summed E-state index contributed by atoms with van der Waals surface area (Å²) in [6.45, 7) is 2.48. The summed E-state index contributed by atoms with van der Waals surface area (Å²) >= 11 is 10.7. The third kappa shape index (κ3) is 8.82. The highest BCUT2D eigenvalue weighted by molar-refractivity contribution is 9.11. The van der Waals surface area contributed by atoms with Crippen molar-refractivity contribution < 1.29 is 14.3 Å². The molecule has 1 N–H and O–H groups in total. The number of hydrogen-bond acceptors (Lipinski definition) is 5. The molecule has 0 aliphatic heterocycles. The number of methoxy groups -OCH3 is 2. The Labute approximate surface area is 228 Å². The molecule has 0 radical (unpaired) electrons. The normalized spacial score (nSPS) is 12.2. The number of nitrogens with zero attached hydrogens (tertiary/aromatic N) is 2. The minimum Gasteiger partial charge on any atom is -0.496 e. The van der Waals surface area contributed by atoms with Gasteiger partial charge < -0.3 is 19.7 Å². The molecule has 0 unspecified atom stereocenters. The first-order valence-corrected chi connectivity index (χ1v) is 13.5. The van der Waals surface area contributed by atoms with Gasteiger partial charge in [0.15, 0.2) is 0 Å². The molecule has 1 amide bonds. The van der Waals surface area contributed by atoms with Crippen LogP contribution in [-0.4, -0.2) is 76.7 Å². The van der Waals surface area contributed by atoms with Crippen molar-refractivity contribution in [3.63, 3.8) is 0 Å². The van der Waals surface area contributed by atoms with Crippen LogP contribution < -0.4 is 14.8 Å². The lowest BCUT2D eigenvalue weighted by Crippen LogP contribution is -2.45. The Morgan fingerprint density at radius 1 is 0.941 bits per heavy atom. The van der Waals surface area contributed by atoms with E-state index in [1.165, 1.54) is 5.56 Å². The van der Waals surface area contributed by atoms with E-state index in [-0.39, 0.29) is 11.9 Å². The Morgan fingerprint density at radius 3 is 2.24 bits per heavy atom. The Hall–Kier alpha value is -1.13. The molecule has 34 heavy (non-hydrogen) atoms. The first-order chi connectivity index (χ1) is 16.2. The van der Waals surface area contributed by atoms with Crippen LogP contribution in [0.4, 0.5) is 0 Å². The zero-order chi connectivity index (χ0) is 25.3. The van der Waals surface area contributed by atoms with E-state index in [1.807, 2.05) is 43.3 Å². The van der Waals surface area contributed by atoms with Gasteiger partial charge >= 0.3 is 0 Å². The van der Waals surface area contributed by atoms with Crippen molar-refractivity contribution in [3.8, 4) is 11.5 Å². The summed E-state index contributed by atoms with van der Waals surface area (Å²) in [6.07, 6.45) is 2.43. The van der Waals surface area contributed by atoms with Crippen molar-refractivity contribution >= 4 is 53.7 Å². The molecule has 0 saturated heterocycles. The smallest absolute Gasteiger partial charge is 0.237 e. The molecule has 0 aliphatic carbocycles. The summed E-state index contributed by atoms with van der Waals surface area (Å²) in [4.78, 5) is 17.1. The fourth-order valence-corrected chi connectivity index (χ4v) is 5.53.